The molecule has 1 fully saturated rings. The number of likely N-dealkylation sites (tertiary alicyclic amines) is 1. The summed E-state index contributed by atoms with van der Waals surface area (Å²) >= 11 is 1.42. The molecule has 1 saturated heterocycles. The molecular weight excluding hydrogens is 326 g/mol. The van der Waals surface area contributed by atoms with E-state index in [1.54, 1.807) is 4.90 Å². The standard InChI is InChI=1S/C16H21N5O2S/c1-3-21-11(2)13(8-17-21)14-9-24-16(18-14)19-15(23)12-4-6-20(10-22)7-5-12/h8-10,12H,3-7H2,1-2H3,(H,18,19,23). The first-order valence-corrected chi connectivity index (χ1v) is 8.98. The topological polar surface area (TPSA) is 80.1 Å². The van der Waals surface area contributed by atoms with Gasteiger partial charge in [-0.05, 0) is 26.7 Å². The number of thiazole rings is 1. The van der Waals surface area contributed by atoms with Crippen molar-refractivity contribution in [1.82, 2.24) is 19.7 Å². The molecule has 0 aliphatic carbocycles. The Morgan fingerprint density at radius 1 is 1.46 bits per heavy atom. The van der Waals surface area contributed by atoms with Gasteiger partial charge in [0.15, 0.2) is 5.13 Å². The van der Waals surface area contributed by atoms with Crippen molar-refractivity contribution < 1.29 is 9.59 Å². The highest BCUT2D eigenvalue weighted by Gasteiger charge is 2.25. The van der Waals surface area contributed by atoms with Gasteiger partial charge in [0, 0.05) is 42.2 Å². The number of aromatic nitrogens is 3. The Balaban J connectivity index is 1.64. The van der Waals surface area contributed by atoms with Crippen LogP contribution in [0.2, 0.25) is 0 Å². The monoisotopic (exact) mass is 347 g/mol. The summed E-state index contributed by atoms with van der Waals surface area (Å²) in [6.45, 7) is 6.16. The minimum atomic E-state index is -0.0573. The van der Waals surface area contributed by atoms with Gasteiger partial charge >= 0.3 is 0 Å². The third kappa shape index (κ3) is 3.33. The summed E-state index contributed by atoms with van der Waals surface area (Å²) in [4.78, 5) is 29.3. The van der Waals surface area contributed by atoms with E-state index in [0.29, 0.717) is 31.1 Å². The zero-order valence-electron chi connectivity index (χ0n) is 13.9. The number of carbonyl (C=O) groups is 2. The van der Waals surface area contributed by atoms with Crippen molar-refractivity contribution >= 4 is 28.8 Å². The van der Waals surface area contributed by atoms with Crippen molar-refractivity contribution in [3.63, 3.8) is 0 Å². The molecule has 0 unspecified atom stereocenters. The first-order chi connectivity index (χ1) is 11.6. The molecule has 0 radical (unpaired) electrons. The molecule has 3 rings (SSSR count). The van der Waals surface area contributed by atoms with E-state index in [0.717, 1.165) is 29.9 Å². The summed E-state index contributed by atoms with van der Waals surface area (Å²) in [5.41, 5.74) is 2.90. The van der Waals surface area contributed by atoms with Gasteiger partial charge in [0.2, 0.25) is 12.3 Å². The lowest BCUT2D eigenvalue weighted by Crippen LogP contribution is -2.37. The summed E-state index contributed by atoms with van der Waals surface area (Å²) in [7, 11) is 0. The van der Waals surface area contributed by atoms with Crippen molar-refractivity contribution in [3.05, 3.63) is 17.3 Å². The molecule has 2 aromatic rings. The highest BCUT2D eigenvalue weighted by molar-refractivity contribution is 7.14. The SMILES string of the molecule is CCn1ncc(-c2csc(NC(=O)C3CCN(C=O)CC3)n2)c1C. The number of rotatable bonds is 5. The molecule has 8 heteroatoms. The fourth-order valence-corrected chi connectivity index (χ4v) is 3.66. The Morgan fingerprint density at radius 3 is 2.83 bits per heavy atom. The Bertz CT molecular complexity index is 731. The molecule has 1 aliphatic rings. The summed E-state index contributed by atoms with van der Waals surface area (Å²) in [6, 6.07) is 0. The second kappa shape index (κ2) is 7.12. The maximum absolute atomic E-state index is 12.4. The molecule has 0 aromatic carbocycles. The fourth-order valence-electron chi connectivity index (χ4n) is 2.95. The summed E-state index contributed by atoms with van der Waals surface area (Å²) in [6.07, 6.45) is 4.06. The minimum Gasteiger partial charge on any atom is -0.345 e. The lowest BCUT2D eigenvalue weighted by Gasteiger charge is -2.27. The predicted molar refractivity (Wildman–Crippen MR) is 92.7 cm³/mol. The van der Waals surface area contributed by atoms with Gasteiger partial charge in [-0.15, -0.1) is 11.3 Å². The quantitative estimate of drug-likeness (QED) is 0.841. The third-order valence-corrected chi connectivity index (χ3v) is 5.22. The van der Waals surface area contributed by atoms with Crippen LogP contribution in [-0.4, -0.2) is 45.1 Å². The Morgan fingerprint density at radius 2 is 2.21 bits per heavy atom. The highest BCUT2D eigenvalue weighted by atomic mass is 32.1. The number of nitrogens with one attached hydrogen (secondary N) is 1. The van der Waals surface area contributed by atoms with Crippen LogP contribution in [0.3, 0.4) is 0 Å². The van der Waals surface area contributed by atoms with E-state index < -0.39 is 0 Å². The second-order valence-electron chi connectivity index (χ2n) is 5.90. The molecule has 0 spiro atoms. The van der Waals surface area contributed by atoms with Gasteiger partial charge in [-0.3, -0.25) is 14.3 Å². The number of anilines is 1. The molecule has 2 amide bonds. The Hall–Kier alpha value is -2.22. The molecule has 3 heterocycles. The van der Waals surface area contributed by atoms with Crippen LogP contribution in [0.5, 0.6) is 0 Å². The van der Waals surface area contributed by atoms with Crippen LogP contribution >= 0.6 is 11.3 Å². The van der Waals surface area contributed by atoms with Crippen LogP contribution < -0.4 is 5.32 Å². The number of aryl methyl sites for hydroxylation is 1. The van der Waals surface area contributed by atoms with E-state index in [1.165, 1.54) is 11.3 Å². The number of hydrogen-bond donors (Lipinski definition) is 1. The van der Waals surface area contributed by atoms with Gasteiger partial charge in [-0.1, -0.05) is 0 Å². The van der Waals surface area contributed by atoms with Crippen molar-refractivity contribution in [1.29, 1.82) is 0 Å². The fraction of sp³-hybridized carbons (Fsp3) is 0.500. The number of piperidine rings is 1. The van der Waals surface area contributed by atoms with E-state index in [4.69, 9.17) is 0 Å². The molecular formula is C16H21N5O2S. The molecule has 128 valence electrons. The average Bonchev–Trinajstić information content (AvgIpc) is 3.21. The summed E-state index contributed by atoms with van der Waals surface area (Å²) < 4.78 is 1.92. The number of amides is 2. The number of nitrogens with zero attached hydrogens (tertiary/aromatic N) is 4. The number of carbonyl (C=O) groups excluding carboxylic acids is 2. The predicted octanol–water partition coefficient (Wildman–Crippen LogP) is 2.14. The van der Waals surface area contributed by atoms with E-state index in [-0.39, 0.29) is 11.8 Å². The minimum absolute atomic E-state index is 0.0116. The van der Waals surface area contributed by atoms with Crippen LogP contribution in [0.4, 0.5) is 5.13 Å². The summed E-state index contributed by atoms with van der Waals surface area (Å²) in [5.74, 6) is -0.0689. The van der Waals surface area contributed by atoms with Gasteiger partial charge in [0.25, 0.3) is 0 Å². The van der Waals surface area contributed by atoms with Crippen molar-refractivity contribution in [3.8, 4) is 11.3 Å². The third-order valence-electron chi connectivity index (χ3n) is 4.46. The molecule has 1 aliphatic heterocycles. The molecule has 7 nitrogen and oxygen atoms in total. The van der Waals surface area contributed by atoms with Crippen molar-refractivity contribution in [2.75, 3.05) is 18.4 Å². The van der Waals surface area contributed by atoms with Crippen LogP contribution in [0, 0.1) is 12.8 Å². The first-order valence-electron chi connectivity index (χ1n) is 8.11. The highest BCUT2D eigenvalue weighted by Crippen LogP contribution is 2.28. The largest absolute Gasteiger partial charge is 0.345 e. The second-order valence-corrected chi connectivity index (χ2v) is 6.76. The Kier molecular flexibility index (Phi) is 4.94. The van der Waals surface area contributed by atoms with E-state index >= 15 is 0 Å². The molecule has 1 N–H and O–H groups in total. The van der Waals surface area contributed by atoms with E-state index in [9.17, 15) is 9.59 Å². The lowest BCUT2D eigenvalue weighted by atomic mass is 9.96. The molecule has 0 atom stereocenters. The zero-order chi connectivity index (χ0) is 17.1. The van der Waals surface area contributed by atoms with Crippen LogP contribution in [0.25, 0.3) is 11.3 Å². The molecule has 0 bridgehead atoms. The first kappa shape index (κ1) is 16.6. The molecule has 0 saturated carbocycles. The van der Waals surface area contributed by atoms with Gasteiger partial charge in [-0.2, -0.15) is 5.10 Å². The van der Waals surface area contributed by atoms with E-state index in [2.05, 4.69) is 15.4 Å². The van der Waals surface area contributed by atoms with Gasteiger partial charge < -0.3 is 10.2 Å². The maximum atomic E-state index is 12.4. The van der Waals surface area contributed by atoms with Crippen molar-refractivity contribution in [2.45, 2.75) is 33.2 Å². The lowest BCUT2D eigenvalue weighted by molar-refractivity contribution is -0.125. The van der Waals surface area contributed by atoms with E-state index in [1.807, 2.05) is 30.1 Å². The van der Waals surface area contributed by atoms with Crippen LogP contribution in [0.15, 0.2) is 11.6 Å². The van der Waals surface area contributed by atoms with Crippen molar-refractivity contribution in [2.24, 2.45) is 5.92 Å². The van der Waals surface area contributed by atoms with Gasteiger partial charge in [0.1, 0.15) is 0 Å². The average molecular weight is 347 g/mol. The smallest absolute Gasteiger partial charge is 0.229 e. The maximum Gasteiger partial charge on any atom is 0.229 e. The Labute approximate surface area is 144 Å². The van der Waals surface area contributed by atoms with Gasteiger partial charge in [-0.25, -0.2) is 4.98 Å². The van der Waals surface area contributed by atoms with Crippen LogP contribution in [0.1, 0.15) is 25.5 Å². The van der Waals surface area contributed by atoms with Gasteiger partial charge in [0.05, 0.1) is 11.9 Å². The zero-order valence-corrected chi connectivity index (χ0v) is 14.7. The molecule has 2 aromatic heterocycles. The number of hydrogen-bond acceptors (Lipinski definition) is 5. The van der Waals surface area contributed by atoms with Crippen LogP contribution in [-0.2, 0) is 16.1 Å². The summed E-state index contributed by atoms with van der Waals surface area (Å²) in [5, 5.41) is 9.79. The normalized spacial score (nSPS) is 15.5. The molecule has 24 heavy (non-hydrogen) atoms.